The van der Waals surface area contributed by atoms with Crippen LogP contribution in [0, 0.1) is 5.82 Å². The predicted molar refractivity (Wildman–Crippen MR) is 52.1 cm³/mol. The molecule has 2 rings (SSSR count). The van der Waals surface area contributed by atoms with Crippen LogP contribution in [0.15, 0.2) is 24.4 Å². The number of hydrogen-bond donors (Lipinski definition) is 0. The molecule has 0 N–H and O–H groups in total. The van der Waals surface area contributed by atoms with Gasteiger partial charge in [-0.25, -0.2) is 9.37 Å². The fraction of sp³-hybridized carbons (Fsp3) is 0. The van der Waals surface area contributed by atoms with Gasteiger partial charge in [0.2, 0.25) is 0 Å². The normalized spacial score (nSPS) is 10.4. The van der Waals surface area contributed by atoms with Crippen LogP contribution in [-0.4, -0.2) is 11.3 Å². The Morgan fingerprint density at radius 3 is 2.93 bits per heavy atom. The maximum Gasteiger partial charge on any atom is 0.153 e. The van der Waals surface area contributed by atoms with Crippen LogP contribution in [0.4, 0.5) is 4.39 Å². The van der Waals surface area contributed by atoms with Gasteiger partial charge >= 0.3 is 0 Å². The molecule has 1 heterocycles. The molecule has 0 saturated heterocycles. The Morgan fingerprint density at radius 1 is 1.43 bits per heavy atom. The summed E-state index contributed by atoms with van der Waals surface area (Å²) in [5, 5.41) is 0.816. The van der Waals surface area contributed by atoms with Crippen molar-refractivity contribution in [1.29, 1.82) is 0 Å². The fourth-order valence-corrected chi connectivity index (χ4v) is 1.53. The minimum Gasteiger partial charge on any atom is -0.298 e. The molecule has 0 radical (unpaired) electrons. The Bertz CT molecular complexity index is 513. The van der Waals surface area contributed by atoms with Crippen molar-refractivity contribution in [3.8, 4) is 0 Å². The molecule has 1 aromatic heterocycles. The quantitative estimate of drug-likeness (QED) is 0.534. The molecule has 0 unspecified atom stereocenters. The molecule has 4 heteroatoms. The van der Waals surface area contributed by atoms with Crippen molar-refractivity contribution < 1.29 is 9.18 Å². The van der Waals surface area contributed by atoms with Crippen LogP contribution in [0.5, 0.6) is 0 Å². The Morgan fingerprint density at radius 2 is 2.21 bits per heavy atom. The van der Waals surface area contributed by atoms with Crippen LogP contribution >= 0.6 is 11.6 Å². The lowest BCUT2D eigenvalue weighted by atomic mass is 10.1. The van der Waals surface area contributed by atoms with Crippen LogP contribution in [0.25, 0.3) is 10.8 Å². The second-order valence-corrected chi connectivity index (χ2v) is 3.14. The van der Waals surface area contributed by atoms with Crippen molar-refractivity contribution in [3.63, 3.8) is 0 Å². The molecule has 0 aliphatic heterocycles. The van der Waals surface area contributed by atoms with E-state index < -0.39 is 5.82 Å². The average Bonchev–Trinajstić information content (AvgIpc) is 2.19. The monoisotopic (exact) mass is 209 g/mol. The van der Waals surface area contributed by atoms with E-state index in [1.165, 1.54) is 12.3 Å². The van der Waals surface area contributed by atoms with Gasteiger partial charge in [0.05, 0.1) is 5.56 Å². The molecule has 14 heavy (non-hydrogen) atoms. The van der Waals surface area contributed by atoms with Crippen molar-refractivity contribution in [1.82, 2.24) is 4.98 Å². The fourth-order valence-electron chi connectivity index (χ4n) is 1.34. The number of nitrogens with zero attached hydrogens (tertiary/aromatic N) is 1. The number of rotatable bonds is 1. The summed E-state index contributed by atoms with van der Waals surface area (Å²) in [7, 11) is 0. The highest BCUT2D eigenvalue weighted by atomic mass is 35.5. The highest BCUT2D eigenvalue weighted by molar-refractivity contribution is 6.33. The van der Waals surface area contributed by atoms with E-state index in [0.717, 1.165) is 0 Å². The summed E-state index contributed by atoms with van der Waals surface area (Å²) in [5.41, 5.74) is 0.0993. The second-order valence-electron chi connectivity index (χ2n) is 2.78. The first-order chi connectivity index (χ1) is 6.74. The standard InChI is InChI=1S/C10H5ClFNO/c11-10-7(5-14)9-6(4-13-10)2-1-3-8(9)12/h1-5H. The van der Waals surface area contributed by atoms with Gasteiger partial charge < -0.3 is 0 Å². The summed E-state index contributed by atoms with van der Waals surface area (Å²) in [4.78, 5) is 14.5. The summed E-state index contributed by atoms with van der Waals surface area (Å²) in [6.45, 7) is 0. The van der Waals surface area contributed by atoms with Gasteiger partial charge in [-0.1, -0.05) is 23.7 Å². The molecule has 0 aliphatic carbocycles. The van der Waals surface area contributed by atoms with Gasteiger partial charge in [-0.3, -0.25) is 4.79 Å². The molecule has 0 atom stereocenters. The van der Waals surface area contributed by atoms with Crippen LogP contribution in [-0.2, 0) is 0 Å². The third-order valence-corrected chi connectivity index (χ3v) is 2.27. The van der Waals surface area contributed by atoms with Crippen molar-refractivity contribution >= 4 is 28.7 Å². The maximum atomic E-state index is 13.4. The molecule has 1 aromatic carbocycles. The molecule has 0 amide bonds. The van der Waals surface area contributed by atoms with Gasteiger partial charge in [-0.05, 0) is 6.07 Å². The van der Waals surface area contributed by atoms with Gasteiger partial charge in [-0.15, -0.1) is 0 Å². The Kier molecular flexibility index (Phi) is 2.17. The van der Waals surface area contributed by atoms with E-state index in [9.17, 15) is 9.18 Å². The van der Waals surface area contributed by atoms with Crippen molar-refractivity contribution in [2.45, 2.75) is 0 Å². The largest absolute Gasteiger partial charge is 0.298 e. The minimum absolute atomic E-state index is 0.0256. The highest BCUT2D eigenvalue weighted by Gasteiger charge is 2.10. The summed E-state index contributed by atoms with van der Waals surface area (Å²) in [5.74, 6) is -0.464. The predicted octanol–water partition coefficient (Wildman–Crippen LogP) is 2.84. The molecule has 0 spiro atoms. The van der Waals surface area contributed by atoms with E-state index in [1.54, 1.807) is 12.1 Å². The summed E-state index contributed by atoms with van der Waals surface area (Å²) < 4.78 is 13.4. The number of aromatic nitrogens is 1. The number of aldehydes is 1. The summed E-state index contributed by atoms with van der Waals surface area (Å²) >= 11 is 5.67. The molecule has 2 nitrogen and oxygen atoms in total. The van der Waals surface area contributed by atoms with E-state index in [-0.39, 0.29) is 16.1 Å². The first kappa shape index (κ1) is 9.09. The zero-order valence-electron chi connectivity index (χ0n) is 7.00. The third-order valence-electron chi connectivity index (χ3n) is 1.97. The molecule has 0 saturated carbocycles. The van der Waals surface area contributed by atoms with Crippen LogP contribution in [0.2, 0.25) is 5.15 Å². The Balaban J connectivity index is 2.98. The van der Waals surface area contributed by atoms with Gasteiger partial charge in [0.25, 0.3) is 0 Å². The highest BCUT2D eigenvalue weighted by Crippen LogP contribution is 2.24. The second kappa shape index (κ2) is 3.35. The van der Waals surface area contributed by atoms with E-state index in [4.69, 9.17) is 11.6 Å². The Labute approximate surface area is 84.3 Å². The van der Waals surface area contributed by atoms with Crippen molar-refractivity contribution in [2.75, 3.05) is 0 Å². The molecule has 0 bridgehead atoms. The molecule has 70 valence electrons. The van der Waals surface area contributed by atoms with E-state index in [2.05, 4.69) is 4.98 Å². The summed E-state index contributed by atoms with van der Waals surface area (Å²) in [6, 6.07) is 4.52. The van der Waals surface area contributed by atoms with Gasteiger partial charge in [0.1, 0.15) is 11.0 Å². The lowest BCUT2D eigenvalue weighted by molar-refractivity contribution is 0.112. The van der Waals surface area contributed by atoms with Crippen LogP contribution in [0.3, 0.4) is 0 Å². The lowest BCUT2D eigenvalue weighted by Gasteiger charge is -2.02. The van der Waals surface area contributed by atoms with Crippen molar-refractivity contribution in [3.05, 3.63) is 40.9 Å². The molecule has 2 aromatic rings. The maximum absolute atomic E-state index is 13.4. The number of hydrogen-bond acceptors (Lipinski definition) is 2. The number of fused-ring (bicyclic) bond motifs is 1. The number of carbonyl (C=O) groups is 1. The molecule has 0 aliphatic rings. The first-order valence-corrected chi connectivity index (χ1v) is 4.29. The smallest absolute Gasteiger partial charge is 0.153 e. The van der Waals surface area contributed by atoms with E-state index >= 15 is 0 Å². The van der Waals surface area contributed by atoms with Crippen molar-refractivity contribution in [2.24, 2.45) is 0 Å². The molecule has 0 fully saturated rings. The third kappa shape index (κ3) is 1.26. The van der Waals surface area contributed by atoms with E-state index in [1.807, 2.05) is 0 Å². The molecular formula is C10H5ClFNO. The van der Waals surface area contributed by atoms with Crippen LogP contribution < -0.4 is 0 Å². The number of benzene rings is 1. The average molecular weight is 210 g/mol. The molecular weight excluding hydrogens is 205 g/mol. The minimum atomic E-state index is -0.464. The number of halogens is 2. The zero-order chi connectivity index (χ0) is 10.1. The topological polar surface area (TPSA) is 30.0 Å². The first-order valence-electron chi connectivity index (χ1n) is 3.92. The SMILES string of the molecule is O=Cc1c(Cl)ncc2cccc(F)c12. The van der Waals surface area contributed by atoms with Gasteiger partial charge in [0.15, 0.2) is 6.29 Å². The Hall–Kier alpha value is -1.48. The lowest BCUT2D eigenvalue weighted by Crippen LogP contribution is -1.91. The van der Waals surface area contributed by atoms with Gasteiger partial charge in [-0.2, -0.15) is 0 Å². The number of carbonyl (C=O) groups excluding carboxylic acids is 1. The number of pyridine rings is 1. The summed E-state index contributed by atoms with van der Waals surface area (Å²) in [6.07, 6.45) is 1.95. The zero-order valence-corrected chi connectivity index (χ0v) is 7.75. The van der Waals surface area contributed by atoms with Gasteiger partial charge in [0, 0.05) is 17.0 Å². The van der Waals surface area contributed by atoms with E-state index in [0.29, 0.717) is 11.7 Å². The van der Waals surface area contributed by atoms with Crippen LogP contribution in [0.1, 0.15) is 10.4 Å².